The Morgan fingerprint density at radius 1 is 1.64 bits per heavy atom. The lowest BCUT2D eigenvalue weighted by Gasteiger charge is -2.04. The summed E-state index contributed by atoms with van der Waals surface area (Å²) < 4.78 is 0. The number of hydrogen-bond acceptors (Lipinski definition) is 2. The van der Waals surface area contributed by atoms with Gasteiger partial charge in [-0.25, -0.2) is 0 Å². The zero-order valence-electron chi connectivity index (χ0n) is 7.09. The van der Waals surface area contributed by atoms with Crippen LogP contribution in [0, 0.1) is 5.92 Å². The van der Waals surface area contributed by atoms with E-state index in [9.17, 15) is 0 Å². The van der Waals surface area contributed by atoms with E-state index < -0.39 is 0 Å². The number of aromatic nitrogens is 2. The van der Waals surface area contributed by atoms with Crippen LogP contribution in [0.4, 0.5) is 5.69 Å². The summed E-state index contributed by atoms with van der Waals surface area (Å²) in [6, 6.07) is 0. The first kappa shape index (κ1) is 8.11. The molecule has 0 aromatic carbocycles. The summed E-state index contributed by atoms with van der Waals surface area (Å²) in [5.41, 5.74) is 1.07. The predicted octanol–water partition coefficient (Wildman–Crippen LogP) is 1.87. The maximum Gasteiger partial charge on any atom is 0.0723 e. The van der Waals surface area contributed by atoms with E-state index in [1.807, 2.05) is 6.20 Å². The molecule has 0 atom stereocenters. The van der Waals surface area contributed by atoms with Crippen molar-refractivity contribution in [1.29, 1.82) is 0 Å². The topological polar surface area (TPSA) is 40.7 Å². The second-order valence-electron chi connectivity index (χ2n) is 3.10. The molecule has 0 radical (unpaired) electrons. The fourth-order valence-electron chi connectivity index (χ4n) is 0.853. The van der Waals surface area contributed by atoms with Crippen molar-refractivity contribution in [1.82, 2.24) is 10.2 Å². The molecule has 0 saturated carbocycles. The molecule has 0 saturated heterocycles. The van der Waals surface area contributed by atoms with Gasteiger partial charge in [-0.05, 0) is 12.3 Å². The molecule has 1 heterocycles. The minimum Gasteiger partial charge on any atom is -0.383 e. The molecule has 11 heavy (non-hydrogen) atoms. The summed E-state index contributed by atoms with van der Waals surface area (Å²) in [7, 11) is 0. The van der Waals surface area contributed by atoms with Crippen molar-refractivity contribution < 1.29 is 0 Å². The van der Waals surface area contributed by atoms with Crippen molar-refractivity contribution in [3.8, 4) is 0 Å². The van der Waals surface area contributed by atoms with E-state index in [1.165, 1.54) is 6.42 Å². The molecule has 3 heteroatoms. The molecule has 3 nitrogen and oxygen atoms in total. The standard InChI is InChI=1S/C8H15N3/c1-7(2)3-4-9-8-5-10-11-6-8/h5-7,9H,3-4H2,1-2H3,(H,10,11). The van der Waals surface area contributed by atoms with Crippen molar-refractivity contribution in [2.75, 3.05) is 11.9 Å². The van der Waals surface area contributed by atoms with Gasteiger partial charge in [0.15, 0.2) is 0 Å². The van der Waals surface area contributed by atoms with Crippen LogP contribution in [0.3, 0.4) is 0 Å². The molecule has 0 fully saturated rings. The predicted molar refractivity (Wildman–Crippen MR) is 46.5 cm³/mol. The minimum atomic E-state index is 0.759. The highest BCUT2D eigenvalue weighted by Gasteiger charge is 1.94. The van der Waals surface area contributed by atoms with Gasteiger partial charge in [0.1, 0.15) is 0 Å². The number of rotatable bonds is 4. The van der Waals surface area contributed by atoms with Crippen LogP contribution in [0.1, 0.15) is 20.3 Å². The second-order valence-corrected chi connectivity index (χ2v) is 3.10. The van der Waals surface area contributed by atoms with E-state index in [2.05, 4.69) is 29.4 Å². The Kier molecular flexibility index (Phi) is 2.95. The lowest BCUT2D eigenvalue weighted by molar-refractivity contribution is 0.607. The number of H-pyrrole nitrogens is 1. The Morgan fingerprint density at radius 3 is 3.00 bits per heavy atom. The first-order valence-corrected chi connectivity index (χ1v) is 4.01. The van der Waals surface area contributed by atoms with Crippen LogP contribution >= 0.6 is 0 Å². The largest absolute Gasteiger partial charge is 0.383 e. The van der Waals surface area contributed by atoms with Gasteiger partial charge in [-0.3, -0.25) is 5.10 Å². The van der Waals surface area contributed by atoms with Crippen molar-refractivity contribution in [2.24, 2.45) is 5.92 Å². The monoisotopic (exact) mass is 153 g/mol. The van der Waals surface area contributed by atoms with Crippen LogP contribution in [0.15, 0.2) is 12.4 Å². The number of hydrogen-bond donors (Lipinski definition) is 2. The molecule has 0 bridgehead atoms. The Hall–Kier alpha value is -0.990. The van der Waals surface area contributed by atoms with E-state index in [-0.39, 0.29) is 0 Å². The molecule has 0 aliphatic heterocycles. The molecule has 0 amide bonds. The first-order chi connectivity index (χ1) is 5.29. The molecule has 2 N–H and O–H groups in total. The molecule has 1 aromatic heterocycles. The smallest absolute Gasteiger partial charge is 0.0723 e. The zero-order valence-corrected chi connectivity index (χ0v) is 7.09. The van der Waals surface area contributed by atoms with Crippen LogP contribution in [0.25, 0.3) is 0 Å². The van der Waals surface area contributed by atoms with Crippen LogP contribution in [-0.2, 0) is 0 Å². The summed E-state index contributed by atoms with van der Waals surface area (Å²) in [5.74, 6) is 0.759. The molecule has 0 unspecified atom stereocenters. The molecule has 62 valence electrons. The van der Waals surface area contributed by atoms with Crippen LogP contribution < -0.4 is 5.32 Å². The maximum atomic E-state index is 3.83. The average Bonchev–Trinajstić information content (AvgIpc) is 2.39. The van der Waals surface area contributed by atoms with Crippen molar-refractivity contribution in [3.05, 3.63) is 12.4 Å². The fourth-order valence-corrected chi connectivity index (χ4v) is 0.853. The van der Waals surface area contributed by atoms with Crippen LogP contribution in [0.2, 0.25) is 0 Å². The first-order valence-electron chi connectivity index (χ1n) is 4.01. The van der Waals surface area contributed by atoms with Gasteiger partial charge in [0, 0.05) is 12.7 Å². The van der Waals surface area contributed by atoms with E-state index in [0.29, 0.717) is 0 Å². The summed E-state index contributed by atoms with van der Waals surface area (Å²) in [6.07, 6.45) is 4.85. The normalized spacial score (nSPS) is 10.5. The third kappa shape index (κ3) is 3.07. The molecule has 1 rings (SSSR count). The third-order valence-corrected chi connectivity index (χ3v) is 1.55. The number of nitrogens with zero attached hydrogens (tertiary/aromatic N) is 1. The van der Waals surface area contributed by atoms with E-state index in [1.54, 1.807) is 6.20 Å². The Balaban J connectivity index is 2.14. The SMILES string of the molecule is CC(C)CCNc1cn[nH]c1. The van der Waals surface area contributed by atoms with Gasteiger partial charge >= 0.3 is 0 Å². The van der Waals surface area contributed by atoms with Gasteiger partial charge in [0.2, 0.25) is 0 Å². The number of nitrogens with one attached hydrogen (secondary N) is 2. The van der Waals surface area contributed by atoms with Crippen LogP contribution in [-0.4, -0.2) is 16.7 Å². The molecule has 0 aliphatic rings. The Labute approximate surface area is 67.2 Å². The number of aromatic amines is 1. The fraction of sp³-hybridized carbons (Fsp3) is 0.625. The highest BCUT2D eigenvalue weighted by Crippen LogP contribution is 2.03. The van der Waals surface area contributed by atoms with Gasteiger partial charge in [0.05, 0.1) is 11.9 Å². The highest BCUT2D eigenvalue weighted by molar-refractivity contribution is 5.37. The lowest BCUT2D eigenvalue weighted by Crippen LogP contribution is -2.03. The van der Waals surface area contributed by atoms with Crippen molar-refractivity contribution in [3.63, 3.8) is 0 Å². The third-order valence-electron chi connectivity index (χ3n) is 1.55. The van der Waals surface area contributed by atoms with E-state index in [4.69, 9.17) is 0 Å². The molecular weight excluding hydrogens is 138 g/mol. The quantitative estimate of drug-likeness (QED) is 0.693. The van der Waals surface area contributed by atoms with Gasteiger partial charge in [-0.1, -0.05) is 13.8 Å². The average molecular weight is 153 g/mol. The Morgan fingerprint density at radius 2 is 2.45 bits per heavy atom. The lowest BCUT2D eigenvalue weighted by atomic mass is 10.1. The van der Waals surface area contributed by atoms with Crippen molar-refractivity contribution in [2.45, 2.75) is 20.3 Å². The van der Waals surface area contributed by atoms with Crippen molar-refractivity contribution >= 4 is 5.69 Å². The van der Waals surface area contributed by atoms with E-state index in [0.717, 1.165) is 18.2 Å². The summed E-state index contributed by atoms with van der Waals surface area (Å²) in [5, 5.41) is 9.85. The molecule has 0 aliphatic carbocycles. The summed E-state index contributed by atoms with van der Waals surface area (Å²) in [4.78, 5) is 0. The van der Waals surface area contributed by atoms with Gasteiger partial charge < -0.3 is 5.32 Å². The minimum absolute atomic E-state index is 0.759. The molecular formula is C8H15N3. The zero-order chi connectivity index (χ0) is 8.10. The molecule has 1 aromatic rings. The van der Waals surface area contributed by atoms with Crippen LogP contribution in [0.5, 0.6) is 0 Å². The Bertz CT molecular complexity index is 179. The second kappa shape index (κ2) is 4.01. The maximum absolute atomic E-state index is 3.83. The van der Waals surface area contributed by atoms with Gasteiger partial charge in [-0.15, -0.1) is 0 Å². The highest BCUT2D eigenvalue weighted by atomic mass is 15.1. The molecule has 0 spiro atoms. The van der Waals surface area contributed by atoms with Gasteiger partial charge in [0.25, 0.3) is 0 Å². The summed E-state index contributed by atoms with van der Waals surface area (Å²) in [6.45, 7) is 5.46. The number of anilines is 1. The van der Waals surface area contributed by atoms with Gasteiger partial charge in [-0.2, -0.15) is 5.10 Å². The van der Waals surface area contributed by atoms with E-state index >= 15 is 0 Å². The summed E-state index contributed by atoms with van der Waals surface area (Å²) >= 11 is 0.